The fraction of sp³-hybridized carbons (Fsp3) is 0.314. The molecule has 6 rings (SSSR count). The average molecular weight is 532 g/mol. The van der Waals surface area contributed by atoms with Gasteiger partial charge in [-0.3, -0.25) is 4.79 Å². The summed E-state index contributed by atoms with van der Waals surface area (Å²) < 4.78 is 2.31. The number of aliphatic hydroxyl groups is 1. The van der Waals surface area contributed by atoms with Gasteiger partial charge in [0.25, 0.3) is 0 Å². The van der Waals surface area contributed by atoms with Gasteiger partial charge in [0.15, 0.2) is 0 Å². The second-order valence-electron chi connectivity index (χ2n) is 11.3. The summed E-state index contributed by atoms with van der Waals surface area (Å²) in [4.78, 5) is 18.5. The summed E-state index contributed by atoms with van der Waals surface area (Å²) in [6.07, 6.45) is 3.74. The molecule has 40 heavy (non-hydrogen) atoms. The van der Waals surface area contributed by atoms with Crippen molar-refractivity contribution in [3.63, 3.8) is 0 Å². The standard InChI is InChI=1S/C35H37N3O2/c1-23-20-24(2)37-34-32(23)29-14-8-9-15-30(29)38(34)22-25-16-18-28(19-17-25)33(27-12-6-7-13-27)35(40)36-21-31(39)26-10-4-3-5-11-26/h3-5,8-11,14-20,27,31,33,39H,6-7,12-13,21-22H2,1-2H3,(H,36,40). The topological polar surface area (TPSA) is 67.2 Å². The molecular weight excluding hydrogens is 494 g/mol. The zero-order valence-corrected chi connectivity index (χ0v) is 23.3. The minimum Gasteiger partial charge on any atom is -0.387 e. The Labute approximate surface area is 235 Å². The molecule has 0 aliphatic heterocycles. The first kappa shape index (κ1) is 26.3. The monoisotopic (exact) mass is 531 g/mol. The number of fused-ring (bicyclic) bond motifs is 3. The number of hydrogen-bond acceptors (Lipinski definition) is 3. The summed E-state index contributed by atoms with van der Waals surface area (Å²) in [7, 11) is 0. The van der Waals surface area contributed by atoms with Crippen molar-refractivity contribution < 1.29 is 9.90 Å². The van der Waals surface area contributed by atoms with E-state index in [1.54, 1.807) is 0 Å². The lowest BCUT2D eigenvalue weighted by molar-refractivity contribution is -0.124. The van der Waals surface area contributed by atoms with E-state index in [1.807, 2.05) is 30.3 Å². The number of carbonyl (C=O) groups excluding carboxylic acids is 1. The maximum atomic E-state index is 13.5. The van der Waals surface area contributed by atoms with Crippen LogP contribution in [0.15, 0.2) is 84.9 Å². The van der Waals surface area contributed by atoms with Crippen molar-refractivity contribution in [3.8, 4) is 0 Å². The van der Waals surface area contributed by atoms with Crippen LogP contribution in [0.3, 0.4) is 0 Å². The number of nitrogens with one attached hydrogen (secondary N) is 1. The summed E-state index contributed by atoms with van der Waals surface area (Å²) in [5.74, 6) is 0.124. The van der Waals surface area contributed by atoms with E-state index in [0.717, 1.165) is 35.3 Å². The molecule has 1 fully saturated rings. The summed E-state index contributed by atoms with van der Waals surface area (Å²) in [5, 5.41) is 16.1. The molecule has 0 bridgehead atoms. The van der Waals surface area contributed by atoms with E-state index in [9.17, 15) is 9.90 Å². The number of nitrogens with zero attached hydrogens (tertiary/aromatic N) is 2. The zero-order valence-electron chi connectivity index (χ0n) is 23.3. The fourth-order valence-electron chi connectivity index (χ4n) is 6.58. The molecule has 2 aromatic heterocycles. The van der Waals surface area contributed by atoms with Crippen LogP contribution in [0, 0.1) is 19.8 Å². The maximum Gasteiger partial charge on any atom is 0.227 e. The Balaban J connectivity index is 1.26. The van der Waals surface area contributed by atoms with Gasteiger partial charge >= 0.3 is 0 Å². The Kier molecular flexibility index (Phi) is 7.40. The molecule has 2 N–H and O–H groups in total. The lowest BCUT2D eigenvalue weighted by atomic mass is 9.83. The molecule has 204 valence electrons. The number of aromatic nitrogens is 2. The predicted octanol–water partition coefficient (Wildman–Crippen LogP) is 6.98. The van der Waals surface area contributed by atoms with Gasteiger partial charge < -0.3 is 15.0 Å². The first-order chi connectivity index (χ1) is 19.5. The molecular formula is C35H37N3O2. The van der Waals surface area contributed by atoms with Gasteiger partial charge in [0, 0.05) is 29.6 Å². The van der Waals surface area contributed by atoms with Gasteiger partial charge in [0.1, 0.15) is 5.65 Å². The molecule has 0 saturated heterocycles. The van der Waals surface area contributed by atoms with E-state index in [0.29, 0.717) is 12.5 Å². The Hall–Kier alpha value is -3.96. The first-order valence-electron chi connectivity index (χ1n) is 14.4. The Bertz CT molecular complexity index is 1630. The third-order valence-corrected chi connectivity index (χ3v) is 8.53. The van der Waals surface area contributed by atoms with E-state index in [2.05, 4.69) is 78.3 Å². The molecule has 2 atom stereocenters. The number of amides is 1. The van der Waals surface area contributed by atoms with Crippen molar-refractivity contribution in [2.45, 2.75) is 58.1 Å². The molecule has 0 radical (unpaired) electrons. The average Bonchev–Trinajstić information content (AvgIpc) is 3.60. The first-order valence-corrected chi connectivity index (χ1v) is 14.4. The normalized spacial score (nSPS) is 15.5. The van der Waals surface area contributed by atoms with Crippen LogP contribution >= 0.6 is 0 Å². The van der Waals surface area contributed by atoms with Gasteiger partial charge in [-0.2, -0.15) is 0 Å². The molecule has 5 aromatic rings. The van der Waals surface area contributed by atoms with Gasteiger partial charge in [-0.1, -0.05) is 85.6 Å². The predicted molar refractivity (Wildman–Crippen MR) is 161 cm³/mol. The highest BCUT2D eigenvalue weighted by Crippen LogP contribution is 2.38. The lowest BCUT2D eigenvalue weighted by Crippen LogP contribution is -2.35. The molecule has 5 nitrogen and oxygen atoms in total. The summed E-state index contributed by atoms with van der Waals surface area (Å²) in [6.45, 7) is 5.14. The molecule has 5 heteroatoms. The van der Waals surface area contributed by atoms with Crippen molar-refractivity contribution in [1.82, 2.24) is 14.9 Å². The molecule has 1 amide bonds. The van der Waals surface area contributed by atoms with Gasteiger partial charge in [0.05, 0.1) is 17.5 Å². The van der Waals surface area contributed by atoms with Gasteiger partial charge in [-0.25, -0.2) is 4.98 Å². The van der Waals surface area contributed by atoms with Crippen molar-refractivity contribution >= 4 is 27.8 Å². The molecule has 1 aliphatic carbocycles. The highest BCUT2D eigenvalue weighted by molar-refractivity contribution is 6.08. The number of hydrogen-bond donors (Lipinski definition) is 2. The minimum atomic E-state index is -0.719. The number of pyridine rings is 1. The largest absolute Gasteiger partial charge is 0.387 e. The van der Waals surface area contributed by atoms with Gasteiger partial charge in [-0.05, 0) is 67.0 Å². The van der Waals surface area contributed by atoms with E-state index >= 15 is 0 Å². The van der Waals surface area contributed by atoms with Gasteiger partial charge in [-0.15, -0.1) is 0 Å². The van der Waals surface area contributed by atoms with Crippen LogP contribution in [0.5, 0.6) is 0 Å². The van der Waals surface area contributed by atoms with Crippen molar-refractivity contribution in [2.24, 2.45) is 5.92 Å². The Morgan fingerprint density at radius 3 is 2.40 bits per heavy atom. The van der Waals surface area contributed by atoms with E-state index in [4.69, 9.17) is 4.98 Å². The molecule has 1 aliphatic rings. The Morgan fingerprint density at radius 1 is 0.950 bits per heavy atom. The zero-order chi connectivity index (χ0) is 27.6. The van der Waals surface area contributed by atoms with Crippen LogP contribution in [0.2, 0.25) is 0 Å². The third kappa shape index (κ3) is 5.14. The van der Waals surface area contributed by atoms with E-state index < -0.39 is 6.10 Å². The van der Waals surface area contributed by atoms with Crippen molar-refractivity contribution in [3.05, 3.63) is 113 Å². The van der Waals surface area contributed by atoms with Crippen molar-refractivity contribution in [2.75, 3.05) is 6.54 Å². The van der Waals surface area contributed by atoms with Crippen LogP contribution < -0.4 is 5.32 Å². The smallest absolute Gasteiger partial charge is 0.227 e. The SMILES string of the molecule is Cc1cc(C)c2c3ccccc3n(Cc3ccc(C(C(=O)NCC(O)c4ccccc4)C4CCCC4)cc3)c2n1. The second kappa shape index (κ2) is 11.3. The summed E-state index contributed by atoms with van der Waals surface area (Å²) in [5.41, 5.74) is 7.51. The quantitative estimate of drug-likeness (QED) is 0.227. The van der Waals surface area contributed by atoms with E-state index in [-0.39, 0.29) is 18.4 Å². The van der Waals surface area contributed by atoms with Gasteiger partial charge in [0.2, 0.25) is 5.91 Å². The number of para-hydroxylation sites is 1. The maximum absolute atomic E-state index is 13.5. The summed E-state index contributed by atoms with van der Waals surface area (Å²) >= 11 is 0. The van der Waals surface area contributed by atoms with Crippen LogP contribution in [0.1, 0.15) is 65.7 Å². The molecule has 2 heterocycles. The lowest BCUT2D eigenvalue weighted by Gasteiger charge is -2.24. The highest BCUT2D eigenvalue weighted by Gasteiger charge is 2.32. The Morgan fingerprint density at radius 2 is 1.65 bits per heavy atom. The van der Waals surface area contributed by atoms with Crippen LogP contribution in [-0.4, -0.2) is 27.1 Å². The molecule has 0 spiro atoms. The van der Waals surface area contributed by atoms with Crippen molar-refractivity contribution in [1.29, 1.82) is 0 Å². The fourth-order valence-corrected chi connectivity index (χ4v) is 6.58. The minimum absolute atomic E-state index is 0.00665. The third-order valence-electron chi connectivity index (χ3n) is 8.53. The molecule has 1 saturated carbocycles. The van der Waals surface area contributed by atoms with Crippen LogP contribution in [0.25, 0.3) is 21.9 Å². The number of aryl methyl sites for hydroxylation is 2. The van der Waals surface area contributed by atoms with E-state index in [1.165, 1.54) is 40.3 Å². The number of benzene rings is 3. The number of rotatable bonds is 8. The molecule has 3 aromatic carbocycles. The second-order valence-corrected chi connectivity index (χ2v) is 11.3. The number of carbonyl (C=O) groups is 1. The van der Waals surface area contributed by atoms with Crippen LogP contribution in [-0.2, 0) is 11.3 Å². The summed E-state index contributed by atoms with van der Waals surface area (Å²) in [6, 6.07) is 28.8. The molecule has 2 unspecified atom stereocenters. The number of aliphatic hydroxyl groups excluding tert-OH is 1. The highest BCUT2D eigenvalue weighted by atomic mass is 16.3. The van der Waals surface area contributed by atoms with Crippen LogP contribution in [0.4, 0.5) is 0 Å².